The topological polar surface area (TPSA) is 25.8 Å². The highest BCUT2D eigenvalue weighted by Gasteiger charge is 2.07. The highest BCUT2D eigenvalue weighted by Crippen LogP contribution is 2.21. The summed E-state index contributed by atoms with van der Waals surface area (Å²) in [6.45, 7) is 2.15. The number of unbranched alkanes of at least 4 members (excludes halogenated alkanes) is 1. The van der Waals surface area contributed by atoms with Gasteiger partial charge in [-0.25, -0.2) is 23.1 Å². The van der Waals surface area contributed by atoms with Crippen molar-refractivity contribution in [1.29, 1.82) is 0 Å². The van der Waals surface area contributed by atoms with Crippen LogP contribution in [0.3, 0.4) is 0 Å². The van der Waals surface area contributed by atoms with Crippen LogP contribution in [0.15, 0.2) is 60.9 Å². The summed E-state index contributed by atoms with van der Waals surface area (Å²) >= 11 is 0. The molecule has 2 nitrogen and oxygen atoms in total. The number of aryl methyl sites for hydroxylation is 3. The van der Waals surface area contributed by atoms with E-state index in [9.17, 15) is 13.2 Å². The highest BCUT2D eigenvalue weighted by atomic mass is 19.2. The van der Waals surface area contributed by atoms with Crippen molar-refractivity contribution in [3.63, 3.8) is 0 Å². The molecule has 0 aliphatic heterocycles. The minimum absolute atomic E-state index is 0.190. The average molecular weight is 445 g/mol. The minimum atomic E-state index is -0.890. The molecule has 0 amide bonds. The predicted molar refractivity (Wildman–Crippen MR) is 124 cm³/mol. The van der Waals surface area contributed by atoms with E-state index < -0.39 is 17.5 Å². The summed E-state index contributed by atoms with van der Waals surface area (Å²) in [6, 6.07) is 12.3. The molecule has 0 unspecified atom stereocenters. The van der Waals surface area contributed by atoms with Crippen molar-refractivity contribution < 1.29 is 13.2 Å². The van der Waals surface area contributed by atoms with Crippen LogP contribution in [0.2, 0.25) is 0 Å². The van der Waals surface area contributed by atoms with Gasteiger partial charge in [-0.05, 0) is 66.1 Å². The first-order valence-corrected chi connectivity index (χ1v) is 11.0. The van der Waals surface area contributed by atoms with E-state index in [0.717, 1.165) is 42.3 Å². The first-order valence-electron chi connectivity index (χ1n) is 11.0. The Morgan fingerprint density at radius 1 is 0.758 bits per heavy atom. The largest absolute Gasteiger partial charge is 0.241 e. The van der Waals surface area contributed by atoms with Gasteiger partial charge in [0.1, 0.15) is 11.6 Å². The van der Waals surface area contributed by atoms with Crippen molar-refractivity contribution in [3.8, 4) is 11.8 Å². The van der Waals surface area contributed by atoms with Crippen LogP contribution >= 0.6 is 0 Å². The molecule has 3 aromatic carbocycles. The van der Waals surface area contributed by atoms with E-state index in [-0.39, 0.29) is 10.9 Å². The number of fused-ring (bicyclic) bond motifs is 1. The number of rotatable bonds is 6. The zero-order valence-corrected chi connectivity index (χ0v) is 18.3. The molecule has 4 rings (SSSR count). The molecule has 33 heavy (non-hydrogen) atoms. The summed E-state index contributed by atoms with van der Waals surface area (Å²) in [5.74, 6) is 4.30. The molecule has 0 fully saturated rings. The molecule has 0 atom stereocenters. The maximum Gasteiger partial charge on any atom is 0.166 e. The van der Waals surface area contributed by atoms with Gasteiger partial charge in [0, 0.05) is 29.8 Å². The molecule has 0 aliphatic carbocycles. The van der Waals surface area contributed by atoms with Gasteiger partial charge in [-0.15, -0.1) is 0 Å². The Balaban J connectivity index is 1.42. The van der Waals surface area contributed by atoms with Crippen LogP contribution < -0.4 is 0 Å². The monoisotopic (exact) mass is 444 g/mol. The molecule has 0 radical (unpaired) electrons. The lowest BCUT2D eigenvalue weighted by atomic mass is 10.0. The first-order chi connectivity index (χ1) is 16.0. The fraction of sp³-hybridized carbons (Fsp3) is 0.214. The Hall–Kier alpha value is -3.65. The van der Waals surface area contributed by atoms with Crippen LogP contribution in [0, 0.1) is 29.3 Å². The molecule has 0 aliphatic rings. The third-order valence-corrected chi connectivity index (χ3v) is 5.50. The fourth-order valence-electron chi connectivity index (χ4n) is 3.57. The number of nitrogens with zero attached hydrogens (tertiary/aromatic N) is 2. The van der Waals surface area contributed by atoms with Crippen LogP contribution in [0.5, 0.6) is 0 Å². The van der Waals surface area contributed by atoms with Crippen molar-refractivity contribution in [2.75, 3.05) is 0 Å². The minimum Gasteiger partial charge on any atom is -0.241 e. The van der Waals surface area contributed by atoms with Crippen molar-refractivity contribution >= 4 is 10.8 Å². The van der Waals surface area contributed by atoms with Crippen LogP contribution in [-0.2, 0) is 19.3 Å². The highest BCUT2D eigenvalue weighted by molar-refractivity contribution is 5.84. The quantitative estimate of drug-likeness (QED) is 0.314. The zero-order valence-electron chi connectivity index (χ0n) is 18.3. The second-order valence-electron chi connectivity index (χ2n) is 7.97. The molecule has 1 heterocycles. The molecule has 0 bridgehead atoms. The average Bonchev–Trinajstić information content (AvgIpc) is 2.84. The number of benzene rings is 3. The van der Waals surface area contributed by atoms with Crippen LogP contribution in [0.4, 0.5) is 13.2 Å². The van der Waals surface area contributed by atoms with Gasteiger partial charge in [0.15, 0.2) is 11.6 Å². The van der Waals surface area contributed by atoms with Gasteiger partial charge in [0.05, 0.1) is 5.56 Å². The second-order valence-corrected chi connectivity index (χ2v) is 7.97. The Morgan fingerprint density at radius 3 is 2.33 bits per heavy atom. The van der Waals surface area contributed by atoms with Gasteiger partial charge in [0.2, 0.25) is 0 Å². The fourth-order valence-corrected chi connectivity index (χ4v) is 3.57. The summed E-state index contributed by atoms with van der Waals surface area (Å²) in [4.78, 5) is 8.82. The molecular formula is C28H23F3N2. The van der Waals surface area contributed by atoms with Gasteiger partial charge in [-0.1, -0.05) is 43.4 Å². The molecule has 0 N–H and O–H groups in total. The Bertz CT molecular complexity index is 1340. The van der Waals surface area contributed by atoms with Crippen molar-refractivity contribution in [2.45, 2.75) is 39.0 Å². The molecular weight excluding hydrogens is 421 g/mol. The lowest BCUT2D eigenvalue weighted by Gasteiger charge is -2.04. The van der Waals surface area contributed by atoms with E-state index in [2.05, 4.69) is 28.7 Å². The Kier molecular flexibility index (Phi) is 7.04. The smallest absolute Gasteiger partial charge is 0.166 e. The van der Waals surface area contributed by atoms with E-state index in [1.165, 1.54) is 18.2 Å². The van der Waals surface area contributed by atoms with Crippen molar-refractivity contribution in [3.05, 3.63) is 106 Å². The van der Waals surface area contributed by atoms with Gasteiger partial charge < -0.3 is 0 Å². The number of hydrogen-bond acceptors (Lipinski definition) is 2. The summed E-state index contributed by atoms with van der Waals surface area (Å²) < 4.78 is 41.8. The summed E-state index contributed by atoms with van der Waals surface area (Å²) in [5, 5.41) is 0.729. The standard InChI is InChI=1S/C28H23F3N2/c1-2-3-4-21-17-32-27(33-18-21)14-8-20-6-10-22(26(30)16-20)9-5-19-7-12-24-23(15-19)11-13-25(29)28(24)31/h6-7,10-13,15-18H,2-4,8,14H2,1H3. The summed E-state index contributed by atoms with van der Waals surface area (Å²) in [7, 11) is 0. The molecule has 4 aromatic rings. The molecule has 166 valence electrons. The van der Waals surface area contributed by atoms with Crippen LogP contribution in [-0.4, -0.2) is 9.97 Å². The molecule has 0 saturated carbocycles. The lowest BCUT2D eigenvalue weighted by Crippen LogP contribution is -2.00. The van der Waals surface area contributed by atoms with Crippen LogP contribution in [0.25, 0.3) is 10.8 Å². The first kappa shape index (κ1) is 22.5. The van der Waals surface area contributed by atoms with Crippen molar-refractivity contribution in [1.82, 2.24) is 9.97 Å². The maximum atomic E-state index is 14.6. The lowest BCUT2D eigenvalue weighted by molar-refractivity contribution is 0.517. The summed E-state index contributed by atoms with van der Waals surface area (Å²) in [6.07, 6.45) is 8.25. The number of halogens is 3. The predicted octanol–water partition coefficient (Wildman–Crippen LogP) is 6.57. The van der Waals surface area contributed by atoms with Crippen molar-refractivity contribution in [2.24, 2.45) is 0 Å². The zero-order chi connectivity index (χ0) is 23.2. The van der Waals surface area contributed by atoms with E-state index in [4.69, 9.17) is 0 Å². The van der Waals surface area contributed by atoms with E-state index in [1.807, 2.05) is 18.5 Å². The SMILES string of the molecule is CCCCc1cnc(CCc2ccc(C#Cc3ccc4c(F)c(F)ccc4c3)c(F)c2)nc1. The Labute approximate surface area is 191 Å². The molecule has 5 heteroatoms. The Morgan fingerprint density at radius 2 is 1.58 bits per heavy atom. The van der Waals surface area contributed by atoms with Gasteiger partial charge in [-0.2, -0.15) is 0 Å². The number of hydrogen-bond donors (Lipinski definition) is 0. The van der Waals surface area contributed by atoms with Crippen LogP contribution in [0.1, 0.15) is 47.8 Å². The van der Waals surface area contributed by atoms with Gasteiger partial charge in [0.25, 0.3) is 0 Å². The molecule has 1 aromatic heterocycles. The normalized spacial score (nSPS) is 10.8. The third kappa shape index (κ3) is 5.59. The summed E-state index contributed by atoms with van der Waals surface area (Å²) in [5.41, 5.74) is 2.86. The van der Waals surface area contributed by atoms with Gasteiger partial charge >= 0.3 is 0 Å². The van der Waals surface area contributed by atoms with E-state index >= 15 is 0 Å². The number of aromatic nitrogens is 2. The van der Waals surface area contributed by atoms with E-state index in [0.29, 0.717) is 23.8 Å². The molecule has 0 spiro atoms. The van der Waals surface area contributed by atoms with E-state index in [1.54, 1.807) is 18.2 Å². The third-order valence-electron chi connectivity index (χ3n) is 5.50. The molecule has 0 saturated heterocycles. The second kappa shape index (κ2) is 10.3. The van der Waals surface area contributed by atoms with Gasteiger partial charge in [-0.3, -0.25) is 0 Å². The maximum absolute atomic E-state index is 14.6.